The van der Waals surface area contributed by atoms with Crippen LogP contribution in [0.25, 0.3) is 10.9 Å². The van der Waals surface area contributed by atoms with Gasteiger partial charge in [-0.1, -0.05) is 49.4 Å². The van der Waals surface area contributed by atoms with Crippen LogP contribution in [-0.2, 0) is 15.0 Å². The van der Waals surface area contributed by atoms with Crippen molar-refractivity contribution in [2.45, 2.75) is 87.6 Å². The number of carbonyl (C=O) groups excluding carboxylic acids is 3. The maximum absolute atomic E-state index is 14.5. The summed E-state index contributed by atoms with van der Waals surface area (Å²) >= 11 is 0. The molecule has 1 spiro atoms. The number of aromatic amines is 1. The van der Waals surface area contributed by atoms with Gasteiger partial charge in [-0.25, -0.2) is 4.79 Å². The standard InChI is InChI=1S/C38H50N6O3/c1-26(31-25-40-33-15-7-5-13-29(31)33)34(41-37(47)42(2)27-11-10-18-39-24-27)36(46)44-21-16-38(17-22-44)23-30(28-12-4-6-14-32(28)38)35(45)43-19-8-3-9-20-43/h4-7,12-15,25-27,30,34,39-40H,3,8-11,16-24H2,1-2H3,(H,41,47). The number of H-pyrrole nitrogens is 1. The Morgan fingerprint density at radius 3 is 2.45 bits per heavy atom. The number of para-hydroxylation sites is 1. The number of fused-ring (bicyclic) bond motifs is 3. The van der Waals surface area contributed by atoms with Crippen LogP contribution in [0.15, 0.2) is 54.7 Å². The van der Waals surface area contributed by atoms with Crippen molar-refractivity contribution in [3.8, 4) is 0 Å². The van der Waals surface area contributed by atoms with Crippen LogP contribution in [0, 0.1) is 0 Å². The van der Waals surface area contributed by atoms with Crippen molar-refractivity contribution in [3.63, 3.8) is 0 Å². The zero-order valence-electron chi connectivity index (χ0n) is 28.0. The molecule has 3 aliphatic heterocycles. The molecule has 9 nitrogen and oxygen atoms in total. The van der Waals surface area contributed by atoms with Crippen molar-refractivity contribution >= 4 is 28.7 Å². The van der Waals surface area contributed by atoms with E-state index in [9.17, 15) is 14.4 Å². The summed E-state index contributed by atoms with van der Waals surface area (Å²) in [5.74, 6) is -0.103. The highest BCUT2D eigenvalue weighted by molar-refractivity contribution is 5.91. The van der Waals surface area contributed by atoms with E-state index in [0.29, 0.717) is 13.1 Å². The fourth-order valence-electron chi connectivity index (χ4n) is 8.89. The number of hydrogen-bond donors (Lipinski definition) is 3. The van der Waals surface area contributed by atoms with Gasteiger partial charge in [0.2, 0.25) is 11.8 Å². The molecule has 0 radical (unpaired) electrons. The Morgan fingerprint density at radius 1 is 0.936 bits per heavy atom. The predicted octanol–water partition coefficient (Wildman–Crippen LogP) is 5.09. The SMILES string of the molecule is CC(c1c[nH]c2ccccc12)C(NC(=O)N(C)C1CCCNC1)C(=O)N1CCC2(CC1)CC(C(=O)N1CCCCC1)c1ccccc12. The van der Waals surface area contributed by atoms with Crippen LogP contribution in [0.5, 0.6) is 0 Å². The van der Waals surface area contributed by atoms with Gasteiger partial charge in [0.05, 0.1) is 5.92 Å². The van der Waals surface area contributed by atoms with E-state index >= 15 is 0 Å². The Labute approximate surface area is 278 Å². The molecule has 1 aliphatic carbocycles. The van der Waals surface area contributed by atoms with Crippen LogP contribution in [0.2, 0.25) is 0 Å². The Balaban J connectivity index is 1.11. The lowest BCUT2D eigenvalue weighted by Gasteiger charge is -2.42. The third-order valence-electron chi connectivity index (χ3n) is 11.8. The highest BCUT2D eigenvalue weighted by atomic mass is 16.2. The predicted molar refractivity (Wildman–Crippen MR) is 184 cm³/mol. The van der Waals surface area contributed by atoms with Gasteiger partial charge in [0.25, 0.3) is 0 Å². The lowest BCUT2D eigenvalue weighted by Crippen LogP contribution is -2.58. The van der Waals surface area contributed by atoms with Crippen molar-refractivity contribution < 1.29 is 14.4 Å². The van der Waals surface area contributed by atoms with Crippen LogP contribution >= 0.6 is 0 Å². The summed E-state index contributed by atoms with van der Waals surface area (Å²) in [7, 11) is 1.84. The number of nitrogens with zero attached hydrogens (tertiary/aromatic N) is 3. The molecule has 250 valence electrons. The van der Waals surface area contributed by atoms with E-state index < -0.39 is 6.04 Å². The molecule has 4 amide bonds. The molecule has 47 heavy (non-hydrogen) atoms. The van der Waals surface area contributed by atoms with Gasteiger partial charge in [0.1, 0.15) is 6.04 Å². The minimum Gasteiger partial charge on any atom is -0.361 e. The lowest BCUT2D eigenvalue weighted by atomic mass is 9.73. The summed E-state index contributed by atoms with van der Waals surface area (Å²) in [6, 6.07) is 15.8. The molecule has 7 rings (SSSR count). The maximum Gasteiger partial charge on any atom is 0.318 e. The summed E-state index contributed by atoms with van der Waals surface area (Å²) in [5.41, 5.74) is 4.41. The molecule has 3 N–H and O–H groups in total. The normalized spacial score (nSPS) is 23.7. The van der Waals surface area contributed by atoms with E-state index in [1.807, 2.05) is 36.3 Å². The van der Waals surface area contributed by atoms with Crippen LogP contribution in [0.3, 0.4) is 0 Å². The average Bonchev–Trinajstić information content (AvgIpc) is 3.70. The molecule has 3 aromatic rings. The van der Waals surface area contributed by atoms with Gasteiger partial charge in [0.15, 0.2) is 0 Å². The highest BCUT2D eigenvalue weighted by Gasteiger charge is 2.49. The molecule has 4 atom stereocenters. The van der Waals surface area contributed by atoms with E-state index in [1.54, 1.807) is 4.90 Å². The first kappa shape index (κ1) is 31.7. The largest absolute Gasteiger partial charge is 0.361 e. The zero-order chi connectivity index (χ0) is 32.5. The number of hydrogen-bond acceptors (Lipinski definition) is 4. The Hall–Kier alpha value is -3.85. The van der Waals surface area contributed by atoms with Gasteiger partial charge in [0, 0.05) is 74.2 Å². The Morgan fingerprint density at radius 2 is 1.68 bits per heavy atom. The van der Waals surface area contributed by atoms with Gasteiger partial charge in [-0.2, -0.15) is 0 Å². The number of carbonyl (C=O) groups is 3. The van der Waals surface area contributed by atoms with E-state index in [0.717, 1.165) is 87.6 Å². The molecule has 4 aliphatic rings. The van der Waals surface area contributed by atoms with E-state index in [2.05, 4.69) is 57.8 Å². The Bertz CT molecular complexity index is 1600. The summed E-state index contributed by atoms with van der Waals surface area (Å²) in [4.78, 5) is 51.3. The number of rotatable bonds is 6. The summed E-state index contributed by atoms with van der Waals surface area (Å²) in [6.07, 6.45) is 9.78. The van der Waals surface area contributed by atoms with Crippen molar-refractivity contribution in [3.05, 3.63) is 71.4 Å². The number of benzene rings is 2. The number of amides is 4. The third-order valence-corrected chi connectivity index (χ3v) is 11.8. The van der Waals surface area contributed by atoms with Crippen LogP contribution < -0.4 is 10.6 Å². The quantitative estimate of drug-likeness (QED) is 0.350. The molecule has 2 aromatic carbocycles. The van der Waals surface area contributed by atoms with Crippen LogP contribution in [0.4, 0.5) is 4.79 Å². The second-order valence-corrected chi connectivity index (χ2v) is 14.5. The molecule has 9 heteroatoms. The molecule has 0 bridgehead atoms. The smallest absolute Gasteiger partial charge is 0.318 e. The minimum absolute atomic E-state index is 0.0339. The molecule has 4 unspecified atom stereocenters. The van der Waals surface area contributed by atoms with Gasteiger partial charge < -0.3 is 30.3 Å². The third kappa shape index (κ3) is 6.03. The zero-order valence-corrected chi connectivity index (χ0v) is 28.0. The summed E-state index contributed by atoms with van der Waals surface area (Å²) in [6.45, 7) is 6.72. The molecule has 1 aromatic heterocycles. The fourth-order valence-corrected chi connectivity index (χ4v) is 8.89. The Kier molecular flexibility index (Phi) is 9.01. The highest BCUT2D eigenvalue weighted by Crippen LogP contribution is 2.52. The van der Waals surface area contributed by atoms with Gasteiger partial charge in [-0.15, -0.1) is 0 Å². The van der Waals surface area contributed by atoms with E-state index in [4.69, 9.17) is 0 Å². The summed E-state index contributed by atoms with van der Waals surface area (Å²) < 4.78 is 0. The number of aromatic nitrogens is 1. The monoisotopic (exact) mass is 638 g/mol. The second kappa shape index (κ2) is 13.3. The van der Waals surface area contributed by atoms with Crippen LogP contribution in [-0.4, -0.2) is 95.9 Å². The van der Waals surface area contributed by atoms with Gasteiger partial charge in [-0.3, -0.25) is 9.59 Å². The van der Waals surface area contributed by atoms with Crippen molar-refractivity contribution in [1.82, 2.24) is 30.3 Å². The van der Waals surface area contributed by atoms with E-state index in [-0.39, 0.29) is 41.1 Å². The fraction of sp³-hybridized carbons (Fsp3) is 0.553. The first-order valence-electron chi connectivity index (χ1n) is 17.8. The van der Waals surface area contributed by atoms with Crippen molar-refractivity contribution in [1.29, 1.82) is 0 Å². The second-order valence-electron chi connectivity index (χ2n) is 14.5. The van der Waals surface area contributed by atoms with Gasteiger partial charge >= 0.3 is 6.03 Å². The van der Waals surface area contributed by atoms with Crippen LogP contribution in [0.1, 0.15) is 86.8 Å². The number of likely N-dealkylation sites (tertiary alicyclic amines) is 2. The lowest BCUT2D eigenvalue weighted by molar-refractivity contribution is -0.136. The number of nitrogens with one attached hydrogen (secondary N) is 3. The minimum atomic E-state index is -0.709. The van der Waals surface area contributed by atoms with Crippen molar-refractivity contribution in [2.24, 2.45) is 0 Å². The molecule has 3 saturated heterocycles. The molecular formula is C38H50N6O3. The summed E-state index contributed by atoms with van der Waals surface area (Å²) in [5, 5.41) is 7.67. The first-order valence-corrected chi connectivity index (χ1v) is 17.8. The van der Waals surface area contributed by atoms with Gasteiger partial charge in [-0.05, 0) is 80.7 Å². The number of likely N-dealkylation sites (N-methyl/N-ethyl adjacent to an activating group) is 1. The topological polar surface area (TPSA) is 101 Å². The molecular weight excluding hydrogens is 588 g/mol. The van der Waals surface area contributed by atoms with Crippen molar-refractivity contribution in [2.75, 3.05) is 46.3 Å². The average molecular weight is 639 g/mol. The maximum atomic E-state index is 14.5. The molecule has 3 fully saturated rings. The number of urea groups is 1. The number of piperidine rings is 3. The first-order chi connectivity index (χ1) is 22.9. The van der Waals surface area contributed by atoms with E-state index in [1.165, 1.54) is 17.5 Å². The molecule has 4 heterocycles. The molecule has 0 saturated carbocycles.